The molecule has 1 saturated carbocycles. The predicted molar refractivity (Wildman–Crippen MR) is 164 cm³/mol. The lowest BCUT2D eigenvalue weighted by Gasteiger charge is -2.32. The summed E-state index contributed by atoms with van der Waals surface area (Å²) in [6.07, 6.45) is 3.19. The molecule has 0 bridgehead atoms. The highest BCUT2D eigenvalue weighted by Gasteiger charge is 2.30. The van der Waals surface area contributed by atoms with Crippen molar-refractivity contribution in [1.82, 2.24) is 24.1 Å². The number of rotatable bonds is 6. The number of piperidine rings is 1. The Kier molecular flexibility index (Phi) is 6.70. The minimum Gasteiger partial charge on any atom is -0.366 e. The summed E-state index contributed by atoms with van der Waals surface area (Å²) in [6.45, 7) is 3.22. The van der Waals surface area contributed by atoms with Crippen LogP contribution in [0.3, 0.4) is 0 Å². The van der Waals surface area contributed by atoms with E-state index < -0.39 is 12.1 Å². The Hall–Kier alpha value is -4.28. The normalized spacial score (nSPS) is 18.9. The third kappa shape index (κ3) is 5.04. The van der Waals surface area contributed by atoms with Gasteiger partial charge in [-0.15, -0.1) is 0 Å². The lowest BCUT2D eigenvalue weighted by Crippen LogP contribution is -2.50. The zero-order valence-electron chi connectivity index (χ0n) is 23.6. The fraction of sp³-hybridized carbons (Fsp3) is 0.312. The number of hydrogen-bond donors (Lipinski definition) is 2. The van der Waals surface area contributed by atoms with E-state index >= 15 is 0 Å². The van der Waals surface area contributed by atoms with Gasteiger partial charge >= 0.3 is 0 Å². The van der Waals surface area contributed by atoms with E-state index in [0.717, 1.165) is 51.3 Å². The summed E-state index contributed by atoms with van der Waals surface area (Å²) < 4.78 is 18.1. The molecule has 9 nitrogen and oxygen atoms in total. The fourth-order valence-corrected chi connectivity index (χ4v) is 6.34. The molecule has 1 aliphatic carbocycles. The maximum atomic E-state index is 14.1. The second-order valence-electron chi connectivity index (χ2n) is 11.8. The molecule has 2 aliphatic rings. The number of carbonyl (C=O) groups is 2. The van der Waals surface area contributed by atoms with Crippen LogP contribution < -0.4 is 11.5 Å². The SMILES string of the molecule is Cc1c(-c2cc3ccc(-c4ccc(C(N)=O)c(Cl)c4)nc3n2CC2CC2)nn2cc(C(=O)N3C[C@H](N)C[C@@H](F)C3)ccc12. The van der Waals surface area contributed by atoms with Crippen molar-refractivity contribution in [2.45, 2.75) is 44.9 Å². The smallest absolute Gasteiger partial charge is 0.255 e. The summed E-state index contributed by atoms with van der Waals surface area (Å²) in [4.78, 5) is 31.4. The van der Waals surface area contributed by atoms with Crippen molar-refractivity contribution in [2.75, 3.05) is 13.1 Å². The van der Waals surface area contributed by atoms with E-state index in [1.54, 1.807) is 35.0 Å². The van der Waals surface area contributed by atoms with Crippen LogP contribution in [0, 0.1) is 12.8 Å². The zero-order valence-corrected chi connectivity index (χ0v) is 24.4. The van der Waals surface area contributed by atoms with Crippen molar-refractivity contribution in [3.8, 4) is 22.6 Å². The first kappa shape index (κ1) is 27.5. The van der Waals surface area contributed by atoms with Gasteiger partial charge in [-0.1, -0.05) is 17.7 Å². The summed E-state index contributed by atoms with van der Waals surface area (Å²) in [5.74, 6) is -0.259. The van der Waals surface area contributed by atoms with E-state index in [2.05, 4.69) is 10.6 Å². The monoisotopic (exact) mass is 599 g/mol. The molecule has 4 aromatic heterocycles. The minimum atomic E-state index is -1.12. The largest absolute Gasteiger partial charge is 0.366 e. The van der Waals surface area contributed by atoms with Gasteiger partial charge in [0.1, 0.15) is 17.5 Å². The number of aromatic nitrogens is 4. The van der Waals surface area contributed by atoms with Crippen molar-refractivity contribution >= 4 is 40.0 Å². The molecule has 0 spiro atoms. The van der Waals surface area contributed by atoms with Gasteiger partial charge in [0.2, 0.25) is 5.91 Å². The van der Waals surface area contributed by atoms with E-state index in [1.165, 1.54) is 17.7 Å². The number of halogens is 2. The molecule has 2 amide bonds. The Bertz CT molecular complexity index is 1920. The molecule has 2 fully saturated rings. The molecule has 1 aliphatic heterocycles. The summed E-state index contributed by atoms with van der Waals surface area (Å²) in [5, 5.41) is 6.20. The third-order valence-electron chi connectivity index (χ3n) is 8.50. The molecule has 11 heteroatoms. The molecular formula is C32H31ClFN7O2. The van der Waals surface area contributed by atoms with E-state index in [-0.39, 0.29) is 35.5 Å². The fourth-order valence-electron chi connectivity index (χ4n) is 6.07. The van der Waals surface area contributed by atoms with Crippen molar-refractivity contribution in [2.24, 2.45) is 17.4 Å². The highest BCUT2D eigenvalue weighted by molar-refractivity contribution is 6.34. The van der Waals surface area contributed by atoms with Gasteiger partial charge in [0.25, 0.3) is 5.91 Å². The predicted octanol–water partition coefficient (Wildman–Crippen LogP) is 5.00. The van der Waals surface area contributed by atoms with Crippen LogP contribution in [0.25, 0.3) is 39.2 Å². The average molecular weight is 600 g/mol. The van der Waals surface area contributed by atoms with Crippen molar-refractivity contribution in [3.63, 3.8) is 0 Å². The first-order chi connectivity index (χ1) is 20.7. The van der Waals surface area contributed by atoms with Crippen LogP contribution in [0.15, 0.2) is 54.7 Å². The summed E-state index contributed by atoms with van der Waals surface area (Å²) in [6, 6.07) is 14.5. The second-order valence-corrected chi connectivity index (χ2v) is 12.2. The molecule has 1 saturated heterocycles. The zero-order chi connectivity index (χ0) is 30.0. The number of alkyl halides is 1. The maximum absolute atomic E-state index is 14.1. The van der Waals surface area contributed by atoms with Crippen molar-refractivity contribution < 1.29 is 14.0 Å². The van der Waals surface area contributed by atoms with Crippen LogP contribution in [-0.2, 0) is 6.54 Å². The number of aryl methyl sites for hydroxylation is 1. The number of nitrogens with zero attached hydrogens (tertiary/aromatic N) is 5. The highest BCUT2D eigenvalue weighted by Crippen LogP contribution is 2.37. The molecule has 5 aromatic rings. The Morgan fingerprint density at radius 1 is 1.09 bits per heavy atom. The lowest BCUT2D eigenvalue weighted by molar-refractivity contribution is 0.0606. The van der Waals surface area contributed by atoms with Gasteiger partial charge in [-0.3, -0.25) is 9.59 Å². The number of likely N-dealkylation sites (tertiary alicyclic amines) is 1. The molecule has 5 heterocycles. The van der Waals surface area contributed by atoms with Gasteiger partial charge in [0.15, 0.2) is 0 Å². The molecule has 1 aromatic carbocycles. The molecule has 2 atom stereocenters. The van der Waals surface area contributed by atoms with Gasteiger partial charge in [0, 0.05) is 41.8 Å². The Balaban J connectivity index is 1.29. The summed E-state index contributed by atoms with van der Waals surface area (Å²) >= 11 is 6.34. The van der Waals surface area contributed by atoms with Gasteiger partial charge in [-0.25, -0.2) is 13.9 Å². The second kappa shape index (κ2) is 10.5. The number of fused-ring (bicyclic) bond motifs is 2. The first-order valence-electron chi connectivity index (χ1n) is 14.4. The van der Waals surface area contributed by atoms with Gasteiger partial charge in [-0.2, -0.15) is 5.10 Å². The topological polar surface area (TPSA) is 125 Å². The maximum Gasteiger partial charge on any atom is 0.255 e. The Morgan fingerprint density at radius 2 is 1.91 bits per heavy atom. The Morgan fingerprint density at radius 3 is 2.63 bits per heavy atom. The van der Waals surface area contributed by atoms with Gasteiger partial charge < -0.3 is 20.9 Å². The molecule has 43 heavy (non-hydrogen) atoms. The number of pyridine rings is 2. The number of primary amides is 1. The van der Waals surface area contributed by atoms with Crippen LogP contribution in [0.1, 0.15) is 45.5 Å². The molecule has 0 unspecified atom stereocenters. The van der Waals surface area contributed by atoms with Crippen molar-refractivity contribution in [3.05, 3.63) is 76.4 Å². The summed E-state index contributed by atoms with van der Waals surface area (Å²) in [7, 11) is 0. The number of carbonyl (C=O) groups excluding carboxylic acids is 2. The third-order valence-corrected chi connectivity index (χ3v) is 8.81. The van der Waals surface area contributed by atoms with Crippen LogP contribution in [0.5, 0.6) is 0 Å². The van der Waals surface area contributed by atoms with E-state index in [1.807, 2.05) is 25.1 Å². The van der Waals surface area contributed by atoms with E-state index in [0.29, 0.717) is 18.0 Å². The van der Waals surface area contributed by atoms with Gasteiger partial charge in [-0.05, 0) is 74.6 Å². The standard InChI is InChI=1S/C32H31ClFN7O2/c1-17-27-9-6-21(32(43)39-15-22(34)12-23(35)16-39)14-41(27)38-29(17)28-11-20-5-8-26(37-31(20)40(28)13-18-2-3-18)19-4-7-24(30(36)42)25(33)10-19/h4-11,14,18,22-23H,2-3,12-13,15-16,35H2,1H3,(H2,36,42)/t22-,23-/m1/s1. The molecule has 7 rings (SSSR count). The van der Waals surface area contributed by atoms with E-state index in [4.69, 9.17) is 33.2 Å². The van der Waals surface area contributed by atoms with E-state index in [9.17, 15) is 14.0 Å². The van der Waals surface area contributed by atoms with Crippen LogP contribution in [-0.4, -0.2) is 61.2 Å². The highest BCUT2D eigenvalue weighted by atomic mass is 35.5. The van der Waals surface area contributed by atoms with Gasteiger partial charge in [0.05, 0.1) is 39.6 Å². The number of nitrogens with two attached hydrogens (primary N) is 2. The van der Waals surface area contributed by atoms with Crippen LogP contribution in [0.2, 0.25) is 5.02 Å². The lowest BCUT2D eigenvalue weighted by atomic mass is 10.0. The first-order valence-corrected chi connectivity index (χ1v) is 14.8. The van der Waals surface area contributed by atoms with Crippen LogP contribution in [0.4, 0.5) is 4.39 Å². The molecule has 4 N–H and O–H groups in total. The van der Waals surface area contributed by atoms with Crippen molar-refractivity contribution in [1.29, 1.82) is 0 Å². The average Bonchev–Trinajstić information content (AvgIpc) is 3.65. The quantitative estimate of drug-likeness (QED) is 0.284. The Labute approximate surface area is 252 Å². The minimum absolute atomic E-state index is 0.0473. The molecule has 220 valence electrons. The number of benzene rings is 1. The summed E-state index contributed by atoms with van der Waals surface area (Å²) in [5.41, 5.74) is 18.1. The molecule has 0 radical (unpaired) electrons. The number of hydrogen-bond acceptors (Lipinski definition) is 5. The molecular weight excluding hydrogens is 569 g/mol. The van der Waals surface area contributed by atoms with Crippen LogP contribution >= 0.6 is 11.6 Å². The number of amides is 2.